The Morgan fingerprint density at radius 1 is 1.07 bits per heavy atom. The topological polar surface area (TPSA) is 91.4 Å². The van der Waals surface area contributed by atoms with Gasteiger partial charge in [0, 0.05) is 23.5 Å². The van der Waals surface area contributed by atoms with E-state index < -0.39 is 18.1 Å². The maximum absolute atomic E-state index is 11.9. The van der Waals surface area contributed by atoms with Gasteiger partial charge in [-0.05, 0) is 17.2 Å². The maximum atomic E-state index is 11.9. The molecule has 142 valence electrons. The van der Waals surface area contributed by atoms with E-state index in [4.69, 9.17) is 4.74 Å². The molecule has 27 heavy (non-hydrogen) atoms. The Hall–Kier alpha value is -3.28. The lowest BCUT2D eigenvalue weighted by Gasteiger charge is -2.14. The highest BCUT2D eigenvalue weighted by molar-refractivity contribution is 5.85. The van der Waals surface area contributed by atoms with Crippen molar-refractivity contribution in [3.63, 3.8) is 0 Å². The first-order valence-electron chi connectivity index (χ1n) is 8.88. The second kappa shape index (κ2) is 10.0. The number of amides is 1. The third kappa shape index (κ3) is 5.60. The zero-order valence-corrected chi connectivity index (χ0v) is 15.4. The van der Waals surface area contributed by atoms with Gasteiger partial charge in [0.25, 0.3) is 0 Å². The van der Waals surface area contributed by atoms with Crippen molar-refractivity contribution in [1.29, 1.82) is 0 Å². The Labute approximate surface area is 158 Å². The van der Waals surface area contributed by atoms with E-state index in [1.165, 1.54) is 0 Å². The molecule has 1 amide bonds. The number of fused-ring (bicyclic) bond motifs is 1. The fourth-order valence-electron chi connectivity index (χ4n) is 2.63. The number of alkyl carbamates (subject to hydrolysis) is 1. The second-order valence-electron chi connectivity index (χ2n) is 5.66. The van der Waals surface area contributed by atoms with Crippen molar-refractivity contribution in [3.8, 4) is 0 Å². The molecule has 3 rings (SSSR count). The highest BCUT2D eigenvalue weighted by Gasteiger charge is 2.22. The summed E-state index contributed by atoms with van der Waals surface area (Å²) in [5.74, 6) is -1.11. The smallest absolute Gasteiger partial charge is 0.408 e. The Bertz CT molecular complexity index is 874. The van der Waals surface area contributed by atoms with Gasteiger partial charge in [-0.15, -0.1) is 0 Å². The minimum Gasteiger partial charge on any atom is -0.480 e. The molecule has 0 radical (unpaired) electrons. The minimum atomic E-state index is -1.11. The van der Waals surface area contributed by atoms with Crippen molar-refractivity contribution < 1.29 is 19.4 Å². The first kappa shape index (κ1) is 20.0. The third-order valence-electron chi connectivity index (χ3n) is 3.90. The molecule has 0 aliphatic rings. The van der Waals surface area contributed by atoms with E-state index in [1.54, 1.807) is 6.20 Å². The van der Waals surface area contributed by atoms with Gasteiger partial charge in [-0.1, -0.05) is 62.4 Å². The van der Waals surface area contributed by atoms with Gasteiger partial charge in [0.2, 0.25) is 0 Å². The lowest BCUT2D eigenvalue weighted by Crippen LogP contribution is -2.42. The number of H-pyrrole nitrogens is 1. The van der Waals surface area contributed by atoms with Crippen LogP contribution in [0.25, 0.3) is 10.9 Å². The van der Waals surface area contributed by atoms with Crippen molar-refractivity contribution >= 4 is 23.0 Å². The summed E-state index contributed by atoms with van der Waals surface area (Å²) >= 11 is 0. The highest BCUT2D eigenvalue weighted by atomic mass is 16.5. The number of hydrogen-bond donors (Lipinski definition) is 3. The number of aromatic nitrogens is 1. The van der Waals surface area contributed by atoms with Crippen LogP contribution in [0.1, 0.15) is 25.0 Å². The van der Waals surface area contributed by atoms with Crippen LogP contribution in [0.2, 0.25) is 0 Å². The average molecular weight is 368 g/mol. The summed E-state index contributed by atoms with van der Waals surface area (Å²) in [7, 11) is 0. The Morgan fingerprint density at radius 3 is 2.44 bits per heavy atom. The molecule has 6 heteroatoms. The summed E-state index contributed by atoms with van der Waals surface area (Å²) in [6, 6.07) is 15.7. The lowest BCUT2D eigenvalue weighted by atomic mass is 10.1. The van der Waals surface area contributed by atoms with E-state index in [9.17, 15) is 14.7 Å². The zero-order valence-electron chi connectivity index (χ0n) is 15.4. The van der Waals surface area contributed by atoms with Crippen LogP contribution in [0.5, 0.6) is 0 Å². The molecule has 0 aliphatic carbocycles. The molecule has 0 spiro atoms. The van der Waals surface area contributed by atoms with Crippen LogP contribution < -0.4 is 5.32 Å². The predicted molar refractivity (Wildman–Crippen MR) is 105 cm³/mol. The first-order valence-corrected chi connectivity index (χ1v) is 8.88. The molecular formula is C21H24N2O4. The number of aromatic amines is 1. The van der Waals surface area contributed by atoms with Gasteiger partial charge in [-0.2, -0.15) is 0 Å². The highest BCUT2D eigenvalue weighted by Crippen LogP contribution is 2.19. The van der Waals surface area contributed by atoms with E-state index in [0.29, 0.717) is 0 Å². The van der Waals surface area contributed by atoms with E-state index in [1.807, 2.05) is 68.4 Å². The van der Waals surface area contributed by atoms with Gasteiger partial charge >= 0.3 is 12.1 Å². The summed E-state index contributed by atoms with van der Waals surface area (Å²) in [5.41, 5.74) is 2.58. The largest absolute Gasteiger partial charge is 0.480 e. The molecule has 3 N–H and O–H groups in total. The number of carboxylic acids is 1. The molecule has 1 atom stereocenters. The van der Waals surface area contributed by atoms with Crippen LogP contribution in [0.15, 0.2) is 60.8 Å². The van der Waals surface area contributed by atoms with Crippen molar-refractivity contribution in [2.75, 3.05) is 0 Å². The Balaban J connectivity index is 0.00000126. The van der Waals surface area contributed by atoms with Gasteiger partial charge in [0.1, 0.15) is 12.6 Å². The molecular weight excluding hydrogens is 344 g/mol. The summed E-state index contributed by atoms with van der Waals surface area (Å²) in [6.45, 7) is 4.09. The molecule has 3 aromatic rings. The first-order chi connectivity index (χ1) is 13.1. The van der Waals surface area contributed by atoms with Gasteiger partial charge in [-0.3, -0.25) is 0 Å². The molecule has 0 saturated carbocycles. The van der Waals surface area contributed by atoms with Crippen molar-refractivity contribution in [3.05, 3.63) is 71.9 Å². The molecule has 0 saturated heterocycles. The van der Waals surface area contributed by atoms with Gasteiger partial charge < -0.3 is 20.1 Å². The van der Waals surface area contributed by atoms with Gasteiger partial charge in [0.15, 0.2) is 0 Å². The average Bonchev–Trinajstić information content (AvgIpc) is 3.11. The van der Waals surface area contributed by atoms with Crippen molar-refractivity contribution in [2.45, 2.75) is 32.9 Å². The number of aliphatic carboxylic acids is 1. The number of rotatable bonds is 6. The molecule has 0 unspecified atom stereocenters. The summed E-state index contributed by atoms with van der Waals surface area (Å²) in [6.07, 6.45) is 1.17. The van der Waals surface area contributed by atoms with E-state index in [-0.39, 0.29) is 13.0 Å². The monoisotopic (exact) mass is 368 g/mol. The molecule has 1 aromatic heterocycles. The van der Waals surface area contributed by atoms with E-state index >= 15 is 0 Å². The van der Waals surface area contributed by atoms with E-state index in [2.05, 4.69) is 10.3 Å². The number of para-hydroxylation sites is 1. The van der Waals surface area contributed by atoms with E-state index in [0.717, 1.165) is 22.0 Å². The van der Waals surface area contributed by atoms with Crippen LogP contribution in [-0.2, 0) is 22.6 Å². The fraction of sp³-hybridized carbons (Fsp3) is 0.238. The number of ether oxygens (including phenoxy) is 1. The maximum Gasteiger partial charge on any atom is 0.408 e. The van der Waals surface area contributed by atoms with Gasteiger partial charge in [-0.25, -0.2) is 9.59 Å². The standard InChI is InChI=1S/C19H18N2O4.C2H6/c22-18(23)17(10-14-11-20-16-9-5-4-8-15(14)16)21-19(24)25-12-13-6-2-1-3-7-13;1-2/h1-9,11,17,20H,10,12H2,(H,21,24)(H,22,23);1-2H3/t17-;/m0./s1. The quantitative estimate of drug-likeness (QED) is 0.610. The molecule has 0 aliphatic heterocycles. The number of carbonyl (C=O) groups excluding carboxylic acids is 1. The summed E-state index contributed by atoms with van der Waals surface area (Å²) < 4.78 is 5.09. The predicted octanol–water partition coefficient (Wildman–Crippen LogP) is 4.12. The molecule has 0 bridgehead atoms. The van der Waals surface area contributed by atoms with Crippen LogP contribution in [0.3, 0.4) is 0 Å². The molecule has 0 fully saturated rings. The molecule has 6 nitrogen and oxygen atoms in total. The Morgan fingerprint density at radius 2 is 1.74 bits per heavy atom. The summed E-state index contributed by atoms with van der Waals surface area (Å²) in [4.78, 5) is 26.5. The van der Waals surface area contributed by atoms with Crippen LogP contribution in [0, 0.1) is 0 Å². The number of benzene rings is 2. The van der Waals surface area contributed by atoms with Gasteiger partial charge in [0.05, 0.1) is 0 Å². The fourth-order valence-corrected chi connectivity index (χ4v) is 2.63. The third-order valence-corrected chi connectivity index (χ3v) is 3.90. The number of nitrogens with one attached hydrogen (secondary N) is 2. The second-order valence-corrected chi connectivity index (χ2v) is 5.66. The number of carbonyl (C=O) groups is 2. The normalized spacial score (nSPS) is 11.2. The molecule has 1 heterocycles. The summed E-state index contributed by atoms with van der Waals surface area (Å²) in [5, 5.41) is 12.8. The van der Waals surface area contributed by atoms with Crippen LogP contribution in [-0.4, -0.2) is 28.2 Å². The SMILES string of the molecule is CC.O=C(N[C@@H](Cc1c[nH]c2ccccc12)C(=O)O)OCc1ccccc1. The lowest BCUT2D eigenvalue weighted by molar-refractivity contribution is -0.139. The van der Waals surface area contributed by atoms with Crippen LogP contribution >= 0.6 is 0 Å². The Kier molecular flexibility index (Phi) is 7.43. The van der Waals surface area contributed by atoms with Crippen molar-refractivity contribution in [2.24, 2.45) is 0 Å². The van der Waals surface area contributed by atoms with Crippen LogP contribution in [0.4, 0.5) is 4.79 Å². The minimum absolute atomic E-state index is 0.0894. The van der Waals surface area contributed by atoms with Crippen molar-refractivity contribution in [1.82, 2.24) is 10.3 Å². The molecule has 2 aromatic carbocycles. The number of carboxylic acid groups (broad SMARTS) is 1. The zero-order chi connectivity index (χ0) is 19.6. The number of hydrogen-bond acceptors (Lipinski definition) is 3.